The van der Waals surface area contributed by atoms with Gasteiger partial charge in [0.25, 0.3) is 0 Å². The Morgan fingerprint density at radius 1 is 1.60 bits per heavy atom. The van der Waals surface area contributed by atoms with E-state index in [1.165, 1.54) is 12.1 Å². The van der Waals surface area contributed by atoms with Gasteiger partial charge < -0.3 is 15.6 Å². The predicted molar refractivity (Wildman–Crippen MR) is 59.9 cm³/mol. The Kier molecular flexibility index (Phi) is 4.35. The third kappa shape index (κ3) is 2.82. The van der Waals surface area contributed by atoms with Crippen LogP contribution in [0, 0.1) is 0 Å². The first kappa shape index (κ1) is 12.3. The molecule has 1 aromatic rings. The zero-order valence-electron chi connectivity index (χ0n) is 8.34. The van der Waals surface area contributed by atoms with Crippen LogP contribution in [0.4, 0.5) is 4.39 Å². The van der Waals surface area contributed by atoms with Gasteiger partial charge in [0, 0.05) is 6.54 Å². The lowest BCUT2D eigenvalue weighted by atomic mass is 10.1. The van der Waals surface area contributed by atoms with Gasteiger partial charge in [-0.2, -0.15) is 0 Å². The van der Waals surface area contributed by atoms with E-state index in [0.29, 0.717) is 16.6 Å². The molecule has 5 heteroatoms. The molecule has 3 nitrogen and oxygen atoms in total. The number of phenols is 1. The summed E-state index contributed by atoms with van der Waals surface area (Å²) in [7, 11) is 0. The van der Waals surface area contributed by atoms with E-state index in [9.17, 15) is 9.50 Å². The molecule has 0 spiro atoms. The monoisotopic (exact) mass is 277 g/mol. The maximum absolute atomic E-state index is 13.3. The highest BCUT2D eigenvalue weighted by molar-refractivity contribution is 9.10. The van der Waals surface area contributed by atoms with Crippen LogP contribution in [-0.4, -0.2) is 18.3 Å². The number of ether oxygens (including phenoxy) is 1. The molecule has 3 N–H and O–H groups in total. The third-order valence-corrected chi connectivity index (χ3v) is 2.52. The summed E-state index contributed by atoms with van der Waals surface area (Å²) in [5, 5.41) is 9.58. The van der Waals surface area contributed by atoms with Gasteiger partial charge in [-0.15, -0.1) is 0 Å². The number of hydrogen-bond donors (Lipinski definition) is 2. The molecule has 1 atom stereocenters. The molecule has 1 rings (SSSR count). The Morgan fingerprint density at radius 3 is 2.80 bits per heavy atom. The van der Waals surface area contributed by atoms with Gasteiger partial charge in [-0.3, -0.25) is 0 Å². The fourth-order valence-electron chi connectivity index (χ4n) is 1.18. The molecule has 84 valence electrons. The fourth-order valence-corrected chi connectivity index (χ4v) is 1.64. The second kappa shape index (κ2) is 5.32. The van der Waals surface area contributed by atoms with Crippen LogP contribution in [0.3, 0.4) is 0 Å². The van der Waals surface area contributed by atoms with E-state index in [2.05, 4.69) is 15.9 Å². The van der Waals surface area contributed by atoms with E-state index in [1.807, 2.05) is 0 Å². The van der Waals surface area contributed by atoms with Crippen molar-refractivity contribution in [2.75, 3.05) is 13.2 Å². The Hall–Kier alpha value is -0.810. The highest BCUT2D eigenvalue weighted by Crippen LogP contribution is 2.37. The van der Waals surface area contributed by atoms with Gasteiger partial charge in [0.2, 0.25) is 0 Å². The molecule has 0 aliphatic rings. The van der Waals surface area contributed by atoms with Crippen molar-refractivity contribution in [2.24, 2.45) is 5.73 Å². The van der Waals surface area contributed by atoms with E-state index >= 15 is 0 Å². The van der Waals surface area contributed by atoms with Crippen molar-refractivity contribution < 1.29 is 14.2 Å². The molecule has 0 bridgehead atoms. The lowest BCUT2D eigenvalue weighted by molar-refractivity contribution is 0.312. The standard InChI is InChI=1S/C10H13BrFNO2/c1-2-15-9-4-6(8(12)5-13)3-7(11)10(9)14/h3-4,8,14H,2,5,13H2,1H3. The molecule has 1 unspecified atom stereocenters. The van der Waals surface area contributed by atoms with Crippen LogP contribution >= 0.6 is 15.9 Å². The maximum atomic E-state index is 13.3. The average Bonchev–Trinajstić information content (AvgIpc) is 2.23. The summed E-state index contributed by atoms with van der Waals surface area (Å²) in [6.45, 7) is 2.10. The molecule has 0 heterocycles. The van der Waals surface area contributed by atoms with Crippen LogP contribution in [0.25, 0.3) is 0 Å². The van der Waals surface area contributed by atoms with Crippen LogP contribution in [-0.2, 0) is 0 Å². The Labute approximate surface area is 96.2 Å². The van der Waals surface area contributed by atoms with Crippen molar-refractivity contribution in [3.63, 3.8) is 0 Å². The molecule has 0 aliphatic heterocycles. The van der Waals surface area contributed by atoms with Crippen molar-refractivity contribution in [1.29, 1.82) is 0 Å². The summed E-state index contributed by atoms with van der Waals surface area (Å²) in [6.07, 6.45) is -1.25. The summed E-state index contributed by atoms with van der Waals surface area (Å²) >= 11 is 3.13. The summed E-state index contributed by atoms with van der Waals surface area (Å²) in [5.74, 6) is 0.239. The quantitative estimate of drug-likeness (QED) is 0.889. The highest BCUT2D eigenvalue weighted by Gasteiger charge is 2.14. The average molecular weight is 278 g/mol. The zero-order valence-corrected chi connectivity index (χ0v) is 9.92. The van der Waals surface area contributed by atoms with E-state index in [0.717, 1.165) is 0 Å². The van der Waals surface area contributed by atoms with Gasteiger partial charge in [0.1, 0.15) is 6.17 Å². The molecule has 0 saturated heterocycles. The zero-order chi connectivity index (χ0) is 11.4. The Balaban J connectivity index is 3.11. The number of benzene rings is 1. The van der Waals surface area contributed by atoms with Gasteiger partial charge in [0.15, 0.2) is 11.5 Å². The summed E-state index contributed by atoms with van der Waals surface area (Å²) in [4.78, 5) is 0. The second-order valence-corrected chi connectivity index (χ2v) is 3.84. The first-order chi connectivity index (χ1) is 7.10. The molecule has 0 aliphatic carbocycles. The normalized spacial score (nSPS) is 12.5. The van der Waals surface area contributed by atoms with Crippen LogP contribution in [0.15, 0.2) is 16.6 Å². The van der Waals surface area contributed by atoms with E-state index < -0.39 is 6.17 Å². The minimum Gasteiger partial charge on any atom is -0.503 e. The van der Waals surface area contributed by atoms with Crippen LogP contribution in [0.2, 0.25) is 0 Å². The lowest BCUT2D eigenvalue weighted by Gasteiger charge is -2.12. The number of nitrogens with two attached hydrogens (primary N) is 1. The number of aromatic hydroxyl groups is 1. The molecule has 0 aromatic heterocycles. The summed E-state index contributed by atoms with van der Waals surface area (Å²) in [5.41, 5.74) is 5.62. The smallest absolute Gasteiger partial charge is 0.172 e. The topological polar surface area (TPSA) is 55.5 Å². The lowest BCUT2D eigenvalue weighted by Crippen LogP contribution is -2.08. The molecule has 15 heavy (non-hydrogen) atoms. The molecule has 1 aromatic carbocycles. The minimum absolute atomic E-state index is 0.0233. The molecule has 0 amide bonds. The van der Waals surface area contributed by atoms with Crippen molar-refractivity contribution in [3.8, 4) is 11.5 Å². The van der Waals surface area contributed by atoms with Crippen LogP contribution < -0.4 is 10.5 Å². The maximum Gasteiger partial charge on any atom is 0.172 e. The molecular weight excluding hydrogens is 265 g/mol. The predicted octanol–water partition coefficient (Wildman–Crippen LogP) is 2.52. The van der Waals surface area contributed by atoms with Gasteiger partial charge >= 0.3 is 0 Å². The molecule has 0 fully saturated rings. The number of rotatable bonds is 4. The molecular formula is C10H13BrFNO2. The largest absolute Gasteiger partial charge is 0.503 e. The molecule has 0 saturated carbocycles. The van der Waals surface area contributed by atoms with E-state index in [-0.39, 0.29) is 18.0 Å². The van der Waals surface area contributed by atoms with Crippen LogP contribution in [0.1, 0.15) is 18.7 Å². The first-order valence-corrected chi connectivity index (χ1v) is 5.38. The SMILES string of the molecule is CCOc1cc(C(F)CN)cc(Br)c1O. The van der Waals surface area contributed by atoms with Crippen molar-refractivity contribution >= 4 is 15.9 Å². The van der Waals surface area contributed by atoms with Gasteiger partial charge in [-0.25, -0.2) is 4.39 Å². The van der Waals surface area contributed by atoms with Gasteiger partial charge in [-0.05, 0) is 40.5 Å². The number of halogens is 2. The number of hydrogen-bond acceptors (Lipinski definition) is 3. The summed E-state index contributed by atoms with van der Waals surface area (Å²) < 4.78 is 18.9. The Bertz CT molecular complexity index is 346. The summed E-state index contributed by atoms with van der Waals surface area (Å²) in [6, 6.07) is 2.95. The second-order valence-electron chi connectivity index (χ2n) is 2.99. The molecule has 0 radical (unpaired) electrons. The van der Waals surface area contributed by atoms with Crippen molar-refractivity contribution in [3.05, 3.63) is 22.2 Å². The first-order valence-electron chi connectivity index (χ1n) is 4.59. The Morgan fingerprint density at radius 2 is 2.27 bits per heavy atom. The van der Waals surface area contributed by atoms with E-state index in [4.69, 9.17) is 10.5 Å². The highest BCUT2D eigenvalue weighted by atomic mass is 79.9. The third-order valence-electron chi connectivity index (χ3n) is 1.92. The van der Waals surface area contributed by atoms with Crippen molar-refractivity contribution in [2.45, 2.75) is 13.1 Å². The number of alkyl halides is 1. The van der Waals surface area contributed by atoms with Gasteiger partial charge in [0.05, 0.1) is 11.1 Å². The number of phenolic OH excluding ortho intramolecular Hbond substituents is 1. The van der Waals surface area contributed by atoms with Gasteiger partial charge in [-0.1, -0.05) is 0 Å². The van der Waals surface area contributed by atoms with Crippen LogP contribution in [0.5, 0.6) is 11.5 Å². The van der Waals surface area contributed by atoms with E-state index in [1.54, 1.807) is 6.92 Å². The van der Waals surface area contributed by atoms with Crippen molar-refractivity contribution in [1.82, 2.24) is 0 Å². The fraction of sp³-hybridized carbons (Fsp3) is 0.400. The minimum atomic E-state index is -1.25.